The highest BCUT2D eigenvalue weighted by molar-refractivity contribution is 14.1. The SMILES string of the molecule is CC(=N)CCCc1ccc([131I])cc1. The molecule has 0 radical (unpaired) electrons. The molecule has 2 heteroatoms. The summed E-state index contributed by atoms with van der Waals surface area (Å²) in [6, 6.07) is 8.60. The van der Waals surface area contributed by atoms with E-state index in [4.69, 9.17) is 5.41 Å². The van der Waals surface area contributed by atoms with Gasteiger partial charge in [0.25, 0.3) is 0 Å². The molecule has 0 aliphatic rings. The van der Waals surface area contributed by atoms with Gasteiger partial charge >= 0.3 is 0 Å². The van der Waals surface area contributed by atoms with E-state index in [2.05, 4.69) is 46.9 Å². The van der Waals surface area contributed by atoms with Gasteiger partial charge in [0.15, 0.2) is 0 Å². The highest BCUT2D eigenvalue weighted by Gasteiger charge is 1.94. The number of hydrogen-bond donors (Lipinski definition) is 1. The molecule has 0 heterocycles. The van der Waals surface area contributed by atoms with E-state index in [9.17, 15) is 0 Å². The third-order valence-corrected chi connectivity index (χ3v) is 2.65. The molecule has 0 amide bonds. The number of rotatable bonds is 4. The minimum atomic E-state index is 0.783. The summed E-state index contributed by atoms with van der Waals surface area (Å²) in [5, 5.41) is 7.29. The van der Waals surface area contributed by atoms with Crippen LogP contribution in [0.4, 0.5) is 0 Å². The Bertz CT molecular complexity index is 277. The fraction of sp³-hybridized carbons (Fsp3) is 0.364. The van der Waals surface area contributed by atoms with Gasteiger partial charge in [-0.2, -0.15) is 0 Å². The van der Waals surface area contributed by atoms with Crippen molar-refractivity contribution in [3.63, 3.8) is 0 Å². The van der Waals surface area contributed by atoms with Crippen LogP contribution in [0.2, 0.25) is 0 Å². The Labute approximate surface area is 93.2 Å². The molecule has 0 saturated heterocycles. The quantitative estimate of drug-likeness (QED) is 0.646. The molecule has 0 unspecified atom stereocenters. The molecule has 70 valence electrons. The van der Waals surface area contributed by atoms with Crippen molar-refractivity contribution < 1.29 is 0 Å². The Morgan fingerprint density at radius 1 is 1.31 bits per heavy atom. The van der Waals surface area contributed by atoms with Crippen molar-refractivity contribution >= 4 is 28.3 Å². The second kappa shape index (κ2) is 5.37. The van der Waals surface area contributed by atoms with E-state index in [1.54, 1.807) is 0 Å². The minimum Gasteiger partial charge on any atom is -0.310 e. The van der Waals surface area contributed by atoms with E-state index in [1.165, 1.54) is 9.13 Å². The molecule has 1 aromatic rings. The molecule has 0 atom stereocenters. The van der Waals surface area contributed by atoms with Gasteiger partial charge in [0.2, 0.25) is 0 Å². The van der Waals surface area contributed by atoms with Crippen LogP contribution in [-0.4, -0.2) is 5.71 Å². The summed E-state index contributed by atoms with van der Waals surface area (Å²) in [5.74, 6) is 0. The van der Waals surface area contributed by atoms with E-state index in [-0.39, 0.29) is 0 Å². The van der Waals surface area contributed by atoms with Gasteiger partial charge in [0.1, 0.15) is 0 Å². The topological polar surface area (TPSA) is 23.9 Å². The van der Waals surface area contributed by atoms with Gasteiger partial charge in [-0.1, -0.05) is 12.1 Å². The van der Waals surface area contributed by atoms with Crippen molar-refractivity contribution in [2.45, 2.75) is 26.2 Å². The third-order valence-electron chi connectivity index (χ3n) is 1.93. The standard InChI is InChI=1S/C11H14IN/c1-9(13)3-2-4-10-5-7-11(12)8-6-10/h5-8,13H,2-4H2,1H3/i12+4. The first-order valence-electron chi connectivity index (χ1n) is 4.47. The van der Waals surface area contributed by atoms with Crippen LogP contribution in [0.25, 0.3) is 0 Å². The summed E-state index contributed by atoms with van der Waals surface area (Å²) in [4.78, 5) is 0. The van der Waals surface area contributed by atoms with Crippen molar-refractivity contribution in [3.8, 4) is 0 Å². The Kier molecular flexibility index (Phi) is 4.42. The van der Waals surface area contributed by atoms with Crippen LogP contribution in [0.1, 0.15) is 25.3 Å². The molecule has 1 N–H and O–H groups in total. The Morgan fingerprint density at radius 2 is 1.92 bits per heavy atom. The molecule has 0 saturated carbocycles. The van der Waals surface area contributed by atoms with Crippen molar-refractivity contribution in [1.82, 2.24) is 0 Å². The van der Waals surface area contributed by atoms with Crippen molar-refractivity contribution in [1.29, 1.82) is 5.41 Å². The third kappa shape index (κ3) is 4.41. The molecule has 1 aromatic carbocycles. The van der Waals surface area contributed by atoms with Gasteiger partial charge in [-0.25, -0.2) is 0 Å². The first-order valence-corrected chi connectivity index (χ1v) is 5.55. The van der Waals surface area contributed by atoms with Crippen LogP contribution in [0.3, 0.4) is 0 Å². The predicted octanol–water partition coefficient (Wildman–Crippen LogP) is 3.65. The molecule has 0 fully saturated rings. The summed E-state index contributed by atoms with van der Waals surface area (Å²) in [6.07, 6.45) is 3.11. The van der Waals surface area contributed by atoms with E-state index >= 15 is 0 Å². The van der Waals surface area contributed by atoms with Crippen molar-refractivity contribution in [2.75, 3.05) is 0 Å². The largest absolute Gasteiger partial charge is 0.310 e. The lowest BCUT2D eigenvalue weighted by Crippen LogP contribution is -1.91. The molecular weight excluding hydrogens is 277 g/mol. The molecule has 0 bridgehead atoms. The van der Waals surface area contributed by atoms with Gasteiger partial charge in [-0.3, -0.25) is 0 Å². The molecule has 0 spiro atoms. The zero-order valence-electron chi connectivity index (χ0n) is 7.81. The zero-order valence-corrected chi connectivity index (χ0v) is 9.97. The molecular formula is C11H14IN. The van der Waals surface area contributed by atoms with Crippen molar-refractivity contribution in [2.24, 2.45) is 0 Å². The first kappa shape index (κ1) is 10.7. The van der Waals surface area contributed by atoms with Crippen LogP contribution >= 0.6 is 22.6 Å². The normalized spacial score (nSPS) is 10.0. The molecule has 13 heavy (non-hydrogen) atoms. The van der Waals surface area contributed by atoms with Gasteiger partial charge < -0.3 is 5.41 Å². The van der Waals surface area contributed by atoms with E-state index in [0.717, 1.165) is 25.0 Å². The lowest BCUT2D eigenvalue weighted by atomic mass is 10.1. The number of nitrogens with one attached hydrogen (secondary N) is 1. The predicted molar refractivity (Wildman–Crippen MR) is 65.5 cm³/mol. The highest BCUT2D eigenvalue weighted by Crippen LogP contribution is 2.09. The number of aryl methyl sites for hydroxylation is 1. The van der Waals surface area contributed by atoms with Gasteiger partial charge in [-0.05, 0) is 66.5 Å². The molecule has 1 rings (SSSR count). The average molecular weight is 291 g/mol. The molecule has 0 aromatic heterocycles. The minimum absolute atomic E-state index is 0.783. The molecule has 1 nitrogen and oxygen atoms in total. The zero-order chi connectivity index (χ0) is 9.68. The summed E-state index contributed by atoms with van der Waals surface area (Å²) >= 11 is 2.31. The fourth-order valence-electron chi connectivity index (χ4n) is 1.21. The Morgan fingerprint density at radius 3 is 2.46 bits per heavy atom. The fourth-order valence-corrected chi connectivity index (χ4v) is 1.57. The Hall–Kier alpha value is -0.380. The lowest BCUT2D eigenvalue weighted by molar-refractivity contribution is 0.860. The average Bonchev–Trinajstić information content (AvgIpc) is 2.08. The maximum absolute atomic E-state index is 7.29. The second-order valence-electron chi connectivity index (χ2n) is 3.26. The monoisotopic (exact) mass is 291 g/mol. The van der Waals surface area contributed by atoms with Crippen molar-refractivity contribution in [3.05, 3.63) is 33.4 Å². The van der Waals surface area contributed by atoms with Crippen LogP contribution < -0.4 is 0 Å². The summed E-state index contributed by atoms with van der Waals surface area (Å²) < 4.78 is 1.28. The van der Waals surface area contributed by atoms with E-state index < -0.39 is 0 Å². The Balaban J connectivity index is 2.37. The summed E-state index contributed by atoms with van der Waals surface area (Å²) in [6.45, 7) is 1.87. The lowest BCUT2D eigenvalue weighted by Gasteiger charge is -2.00. The van der Waals surface area contributed by atoms with Crippen LogP contribution in [0.5, 0.6) is 0 Å². The maximum Gasteiger partial charge on any atom is 0.0130 e. The smallest absolute Gasteiger partial charge is 0.0130 e. The van der Waals surface area contributed by atoms with E-state index in [1.807, 2.05) is 6.92 Å². The van der Waals surface area contributed by atoms with Gasteiger partial charge in [0, 0.05) is 9.28 Å². The number of hydrogen-bond acceptors (Lipinski definition) is 1. The number of benzene rings is 1. The van der Waals surface area contributed by atoms with E-state index in [0.29, 0.717) is 0 Å². The van der Waals surface area contributed by atoms with Gasteiger partial charge in [0.05, 0.1) is 0 Å². The molecule has 0 aliphatic carbocycles. The second-order valence-corrected chi connectivity index (χ2v) is 4.51. The number of halogens is 1. The molecule has 0 aliphatic heterocycles. The first-order chi connectivity index (χ1) is 6.18. The van der Waals surface area contributed by atoms with Crippen LogP contribution in [0, 0.1) is 8.98 Å². The summed E-state index contributed by atoms with van der Waals surface area (Å²) in [5.41, 5.74) is 2.16. The summed E-state index contributed by atoms with van der Waals surface area (Å²) in [7, 11) is 0. The van der Waals surface area contributed by atoms with Crippen LogP contribution in [0.15, 0.2) is 24.3 Å². The maximum atomic E-state index is 7.29. The van der Waals surface area contributed by atoms with Gasteiger partial charge in [-0.15, -0.1) is 0 Å². The highest BCUT2D eigenvalue weighted by atomic mass is 131. The van der Waals surface area contributed by atoms with Crippen LogP contribution in [-0.2, 0) is 6.42 Å².